The molecule has 8 nitrogen and oxygen atoms in total. The zero-order valence-electron chi connectivity index (χ0n) is 14.1. The predicted octanol–water partition coefficient (Wildman–Crippen LogP) is 1.95. The van der Waals surface area contributed by atoms with Gasteiger partial charge in [-0.3, -0.25) is 24.6 Å². The lowest BCUT2D eigenvalue weighted by molar-refractivity contribution is -0.384. The summed E-state index contributed by atoms with van der Waals surface area (Å²) in [5.41, 5.74) is 2.08. The maximum atomic E-state index is 12.3. The van der Waals surface area contributed by atoms with Gasteiger partial charge in [0.25, 0.3) is 11.6 Å². The Hall–Kier alpha value is -3.42. The molecule has 1 aliphatic heterocycles. The van der Waals surface area contributed by atoms with Crippen LogP contribution in [0.15, 0.2) is 42.5 Å². The first-order chi connectivity index (χ1) is 12.5. The van der Waals surface area contributed by atoms with Gasteiger partial charge in [0.15, 0.2) is 6.61 Å². The molecule has 0 aliphatic carbocycles. The van der Waals surface area contributed by atoms with Crippen molar-refractivity contribution in [3.8, 4) is 5.75 Å². The summed E-state index contributed by atoms with van der Waals surface area (Å²) in [6.07, 6.45) is 0. The fraction of sp³-hybridized carbons (Fsp3) is 0.222. The minimum atomic E-state index is -0.560. The third-order valence-corrected chi connectivity index (χ3v) is 4.14. The Kier molecular flexibility index (Phi) is 4.83. The van der Waals surface area contributed by atoms with E-state index in [2.05, 4.69) is 5.32 Å². The molecule has 2 aromatic carbocycles. The topological polar surface area (TPSA) is 102 Å². The van der Waals surface area contributed by atoms with Crippen molar-refractivity contribution in [2.75, 3.05) is 18.1 Å². The minimum Gasteiger partial charge on any atom is -0.482 e. The molecule has 26 heavy (non-hydrogen) atoms. The van der Waals surface area contributed by atoms with E-state index in [1.165, 1.54) is 23.1 Å². The highest BCUT2D eigenvalue weighted by molar-refractivity contribution is 6.02. The standard InChI is InChI=1S/C18H17N3O5/c1-12-4-2-3-5-13(12)9-19-17(22)10-20-15-8-14(21(24)25)6-7-16(15)26-11-18(20)23/h2-8H,9-11H2,1H3,(H,19,22). The summed E-state index contributed by atoms with van der Waals surface area (Å²) in [6.45, 7) is 1.84. The third kappa shape index (κ3) is 3.64. The summed E-state index contributed by atoms with van der Waals surface area (Å²) in [7, 11) is 0. The average Bonchev–Trinajstić information content (AvgIpc) is 2.63. The van der Waals surface area contributed by atoms with Crippen molar-refractivity contribution in [1.29, 1.82) is 0 Å². The van der Waals surface area contributed by atoms with Crippen LogP contribution >= 0.6 is 0 Å². The van der Waals surface area contributed by atoms with Crippen molar-refractivity contribution in [3.63, 3.8) is 0 Å². The monoisotopic (exact) mass is 355 g/mol. The number of carbonyl (C=O) groups is 2. The third-order valence-electron chi connectivity index (χ3n) is 4.14. The van der Waals surface area contributed by atoms with Gasteiger partial charge in [0.05, 0.1) is 10.6 Å². The second-order valence-electron chi connectivity index (χ2n) is 5.88. The quantitative estimate of drug-likeness (QED) is 0.652. The van der Waals surface area contributed by atoms with E-state index in [1.807, 2.05) is 31.2 Å². The molecule has 0 spiro atoms. The predicted molar refractivity (Wildman–Crippen MR) is 94.0 cm³/mol. The highest BCUT2D eigenvalue weighted by Crippen LogP contribution is 2.35. The molecule has 0 fully saturated rings. The summed E-state index contributed by atoms with van der Waals surface area (Å²) in [5.74, 6) is -0.452. The number of rotatable bonds is 5. The molecule has 0 radical (unpaired) electrons. The molecular formula is C18H17N3O5. The molecule has 0 unspecified atom stereocenters. The van der Waals surface area contributed by atoms with Gasteiger partial charge in [0.2, 0.25) is 5.91 Å². The molecule has 0 bridgehead atoms. The number of carbonyl (C=O) groups excluding carboxylic acids is 2. The van der Waals surface area contributed by atoms with E-state index >= 15 is 0 Å². The van der Waals surface area contributed by atoms with Gasteiger partial charge in [-0.15, -0.1) is 0 Å². The Morgan fingerprint density at radius 1 is 1.31 bits per heavy atom. The van der Waals surface area contributed by atoms with Crippen LogP contribution in [0.5, 0.6) is 5.75 Å². The van der Waals surface area contributed by atoms with Crippen LogP contribution < -0.4 is 15.0 Å². The molecule has 0 atom stereocenters. The Bertz CT molecular complexity index is 881. The molecule has 1 heterocycles. The van der Waals surface area contributed by atoms with E-state index in [0.29, 0.717) is 12.3 Å². The van der Waals surface area contributed by atoms with E-state index in [0.717, 1.165) is 11.1 Å². The highest BCUT2D eigenvalue weighted by atomic mass is 16.6. The Morgan fingerprint density at radius 3 is 2.81 bits per heavy atom. The van der Waals surface area contributed by atoms with Crippen molar-refractivity contribution in [3.05, 3.63) is 63.7 Å². The first-order valence-electron chi connectivity index (χ1n) is 7.98. The molecular weight excluding hydrogens is 338 g/mol. The fourth-order valence-corrected chi connectivity index (χ4v) is 2.68. The van der Waals surface area contributed by atoms with Gasteiger partial charge in [-0.1, -0.05) is 24.3 Å². The van der Waals surface area contributed by atoms with Gasteiger partial charge in [-0.25, -0.2) is 0 Å². The van der Waals surface area contributed by atoms with E-state index in [9.17, 15) is 19.7 Å². The van der Waals surface area contributed by atoms with E-state index in [-0.39, 0.29) is 30.4 Å². The summed E-state index contributed by atoms with van der Waals surface area (Å²) >= 11 is 0. The number of non-ortho nitro benzene ring substituents is 1. The van der Waals surface area contributed by atoms with E-state index < -0.39 is 10.8 Å². The summed E-state index contributed by atoms with van der Waals surface area (Å²) in [6, 6.07) is 11.6. The second kappa shape index (κ2) is 7.22. The van der Waals surface area contributed by atoms with Crippen LogP contribution in [0.4, 0.5) is 11.4 Å². The van der Waals surface area contributed by atoms with Crippen molar-refractivity contribution in [2.24, 2.45) is 0 Å². The smallest absolute Gasteiger partial charge is 0.271 e. The molecule has 0 saturated heterocycles. The largest absolute Gasteiger partial charge is 0.482 e. The van der Waals surface area contributed by atoms with Crippen molar-refractivity contribution < 1.29 is 19.2 Å². The van der Waals surface area contributed by atoms with E-state index in [4.69, 9.17) is 4.74 Å². The molecule has 2 amide bonds. The molecule has 0 saturated carbocycles. The lowest BCUT2D eigenvalue weighted by atomic mass is 10.1. The number of nitrogens with one attached hydrogen (secondary N) is 1. The van der Waals surface area contributed by atoms with Crippen LogP contribution in [0.2, 0.25) is 0 Å². The number of anilines is 1. The fourth-order valence-electron chi connectivity index (χ4n) is 2.68. The van der Waals surface area contributed by atoms with Gasteiger partial charge >= 0.3 is 0 Å². The molecule has 3 rings (SSSR count). The molecule has 0 aromatic heterocycles. The number of nitrogens with zero attached hydrogens (tertiary/aromatic N) is 2. The van der Waals surface area contributed by atoms with Crippen LogP contribution in [0.1, 0.15) is 11.1 Å². The van der Waals surface area contributed by atoms with Gasteiger partial charge in [-0.05, 0) is 24.1 Å². The Balaban J connectivity index is 1.74. The zero-order chi connectivity index (χ0) is 18.7. The second-order valence-corrected chi connectivity index (χ2v) is 5.88. The van der Waals surface area contributed by atoms with Crippen LogP contribution in [0.3, 0.4) is 0 Å². The SMILES string of the molecule is Cc1ccccc1CNC(=O)CN1C(=O)COc2ccc([N+](=O)[O-])cc21. The van der Waals surface area contributed by atoms with Crippen LogP contribution in [0, 0.1) is 17.0 Å². The Morgan fingerprint density at radius 2 is 2.08 bits per heavy atom. The van der Waals surface area contributed by atoms with Gasteiger partial charge in [0.1, 0.15) is 12.3 Å². The maximum absolute atomic E-state index is 12.3. The normalized spacial score (nSPS) is 13.0. The lowest BCUT2D eigenvalue weighted by Crippen LogP contribution is -2.45. The maximum Gasteiger partial charge on any atom is 0.271 e. The number of aryl methyl sites for hydroxylation is 1. The summed E-state index contributed by atoms with van der Waals surface area (Å²) in [5, 5.41) is 13.7. The number of benzene rings is 2. The summed E-state index contributed by atoms with van der Waals surface area (Å²) in [4.78, 5) is 36.1. The number of amides is 2. The van der Waals surface area contributed by atoms with Crippen molar-refractivity contribution in [2.45, 2.75) is 13.5 Å². The molecule has 1 aliphatic rings. The number of hydrogen-bond acceptors (Lipinski definition) is 5. The molecule has 1 N–H and O–H groups in total. The van der Waals surface area contributed by atoms with Crippen LogP contribution in [-0.2, 0) is 16.1 Å². The zero-order valence-corrected chi connectivity index (χ0v) is 14.1. The molecule has 2 aromatic rings. The Labute approximate surface area is 149 Å². The number of nitro groups is 1. The first-order valence-corrected chi connectivity index (χ1v) is 7.98. The average molecular weight is 355 g/mol. The number of fused-ring (bicyclic) bond motifs is 1. The van der Waals surface area contributed by atoms with Crippen molar-refractivity contribution >= 4 is 23.2 Å². The number of ether oxygens (including phenoxy) is 1. The van der Waals surface area contributed by atoms with Crippen LogP contribution in [0.25, 0.3) is 0 Å². The van der Waals surface area contributed by atoms with Gasteiger partial charge < -0.3 is 10.1 Å². The van der Waals surface area contributed by atoms with Crippen LogP contribution in [-0.4, -0.2) is 29.9 Å². The molecule has 8 heteroatoms. The first kappa shape index (κ1) is 17.4. The number of nitro benzene ring substituents is 1. The van der Waals surface area contributed by atoms with E-state index in [1.54, 1.807) is 0 Å². The van der Waals surface area contributed by atoms with Crippen molar-refractivity contribution in [1.82, 2.24) is 5.32 Å². The summed E-state index contributed by atoms with van der Waals surface area (Å²) < 4.78 is 5.28. The lowest BCUT2D eigenvalue weighted by Gasteiger charge is -2.28. The van der Waals surface area contributed by atoms with Gasteiger partial charge in [-0.2, -0.15) is 0 Å². The molecule has 134 valence electrons. The highest BCUT2D eigenvalue weighted by Gasteiger charge is 2.29. The number of hydrogen-bond donors (Lipinski definition) is 1. The minimum absolute atomic E-state index is 0.174. The van der Waals surface area contributed by atoms with Gasteiger partial charge in [0, 0.05) is 18.7 Å².